The van der Waals surface area contributed by atoms with Gasteiger partial charge in [0.25, 0.3) is 0 Å². The molecule has 0 fully saturated rings. The van der Waals surface area contributed by atoms with Crippen molar-refractivity contribution in [3.05, 3.63) is 78.6 Å². The lowest BCUT2D eigenvalue weighted by molar-refractivity contribution is -0.134. The molecule has 7 heteroatoms. The summed E-state index contributed by atoms with van der Waals surface area (Å²) in [4.78, 5) is 28.7. The fourth-order valence-electron chi connectivity index (χ4n) is 3.14. The lowest BCUT2D eigenvalue weighted by Crippen LogP contribution is -2.09. The first kappa shape index (κ1) is 21.9. The molecule has 0 spiro atoms. The van der Waals surface area contributed by atoms with Crippen LogP contribution < -0.4 is 4.74 Å². The molecule has 0 aliphatic carbocycles. The molecule has 0 bridgehead atoms. The van der Waals surface area contributed by atoms with Crippen LogP contribution in [0.3, 0.4) is 0 Å². The average molecular weight is 637 g/mol. The van der Waals surface area contributed by atoms with Gasteiger partial charge in [0.1, 0.15) is 0 Å². The number of carbonyl (C=O) groups excluding carboxylic acids is 2. The second-order valence-corrected chi connectivity index (χ2v) is 9.26. The van der Waals surface area contributed by atoms with E-state index in [9.17, 15) is 9.59 Å². The molecular formula is C24H17I2NO4. The van der Waals surface area contributed by atoms with Crippen LogP contribution in [0.15, 0.2) is 65.3 Å². The van der Waals surface area contributed by atoms with Gasteiger partial charge in [0.05, 0.1) is 7.14 Å². The van der Waals surface area contributed by atoms with E-state index in [0.717, 1.165) is 35.5 Å². The smallest absolute Gasteiger partial charge is 0.363 e. The fraction of sp³-hybridized carbons (Fsp3) is 0.125. The Labute approximate surface area is 206 Å². The van der Waals surface area contributed by atoms with Gasteiger partial charge in [0, 0.05) is 12.0 Å². The van der Waals surface area contributed by atoms with Gasteiger partial charge < -0.3 is 9.47 Å². The van der Waals surface area contributed by atoms with Gasteiger partial charge in [-0.05, 0) is 98.3 Å². The minimum Gasteiger partial charge on any atom is -0.424 e. The second-order valence-electron chi connectivity index (χ2n) is 6.94. The number of fused-ring (bicyclic) bond motifs is 1. The van der Waals surface area contributed by atoms with E-state index in [0.29, 0.717) is 12.2 Å². The van der Waals surface area contributed by atoms with E-state index in [4.69, 9.17) is 9.47 Å². The highest BCUT2D eigenvalue weighted by Crippen LogP contribution is 2.31. The first-order chi connectivity index (χ1) is 14.9. The van der Waals surface area contributed by atoms with Crippen LogP contribution in [0, 0.1) is 7.14 Å². The SMILES string of the molecule is CCCC(=O)Oc1c(I)cc(/C=C2\N=C(c3ccc4ccccc4c3)OC2=O)cc1I. The summed E-state index contributed by atoms with van der Waals surface area (Å²) >= 11 is 4.25. The molecule has 0 saturated heterocycles. The number of benzene rings is 3. The summed E-state index contributed by atoms with van der Waals surface area (Å²) in [6.45, 7) is 1.93. The van der Waals surface area contributed by atoms with Crippen molar-refractivity contribution < 1.29 is 19.1 Å². The van der Waals surface area contributed by atoms with Crippen LogP contribution in [0.25, 0.3) is 16.8 Å². The number of rotatable bonds is 5. The molecule has 156 valence electrons. The van der Waals surface area contributed by atoms with E-state index in [2.05, 4.69) is 50.2 Å². The first-order valence-corrected chi connectivity index (χ1v) is 11.8. The maximum absolute atomic E-state index is 12.4. The number of nitrogens with zero attached hydrogens (tertiary/aromatic N) is 1. The molecule has 0 N–H and O–H groups in total. The number of halogens is 2. The topological polar surface area (TPSA) is 65.0 Å². The summed E-state index contributed by atoms with van der Waals surface area (Å²) in [6, 6.07) is 17.5. The van der Waals surface area contributed by atoms with E-state index >= 15 is 0 Å². The maximum Gasteiger partial charge on any atom is 0.363 e. The van der Waals surface area contributed by atoms with Gasteiger partial charge in [0.15, 0.2) is 11.4 Å². The number of cyclic esters (lactones) is 1. The van der Waals surface area contributed by atoms with Crippen LogP contribution >= 0.6 is 45.2 Å². The number of esters is 2. The Morgan fingerprint density at radius 1 is 1.06 bits per heavy atom. The summed E-state index contributed by atoms with van der Waals surface area (Å²) in [6.07, 6.45) is 2.78. The van der Waals surface area contributed by atoms with E-state index in [-0.39, 0.29) is 17.6 Å². The highest BCUT2D eigenvalue weighted by Gasteiger charge is 2.24. The first-order valence-electron chi connectivity index (χ1n) is 9.66. The van der Waals surface area contributed by atoms with Crippen molar-refractivity contribution in [1.29, 1.82) is 0 Å². The zero-order valence-corrected chi connectivity index (χ0v) is 20.8. The Hall–Kier alpha value is -2.27. The molecule has 0 amide bonds. The average Bonchev–Trinajstić information content (AvgIpc) is 3.11. The van der Waals surface area contributed by atoms with Crippen LogP contribution in [0.2, 0.25) is 0 Å². The van der Waals surface area contributed by atoms with Crippen molar-refractivity contribution in [2.24, 2.45) is 4.99 Å². The molecule has 31 heavy (non-hydrogen) atoms. The van der Waals surface area contributed by atoms with Crippen LogP contribution in [0.1, 0.15) is 30.9 Å². The van der Waals surface area contributed by atoms with Crippen molar-refractivity contribution in [2.75, 3.05) is 0 Å². The van der Waals surface area contributed by atoms with E-state index < -0.39 is 5.97 Å². The Kier molecular flexibility index (Phi) is 6.71. The maximum atomic E-state index is 12.4. The van der Waals surface area contributed by atoms with E-state index in [1.807, 2.05) is 61.5 Å². The molecule has 0 aromatic heterocycles. The van der Waals surface area contributed by atoms with Crippen LogP contribution in [0.5, 0.6) is 5.75 Å². The van der Waals surface area contributed by atoms with E-state index in [1.165, 1.54) is 0 Å². The lowest BCUT2D eigenvalue weighted by atomic mass is 10.1. The molecule has 1 aliphatic heterocycles. The summed E-state index contributed by atoms with van der Waals surface area (Å²) < 4.78 is 12.5. The Morgan fingerprint density at radius 2 is 1.77 bits per heavy atom. The molecule has 1 heterocycles. The Balaban J connectivity index is 1.62. The van der Waals surface area contributed by atoms with E-state index in [1.54, 1.807) is 6.08 Å². The molecule has 5 nitrogen and oxygen atoms in total. The molecule has 4 rings (SSSR count). The molecule has 0 atom stereocenters. The predicted octanol–water partition coefficient (Wildman–Crippen LogP) is 6.10. The van der Waals surface area contributed by atoms with Crippen molar-refractivity contribution in [2.45, 2.75) is 19.8 Å². The van der Waals surface area contributed by atoms with Gasteiger partial charge in [-0.1, -0.05) is 37.3 Å². The number of hydrogen-bond acceptors (Lipinski definition) is 5. The van der Waals surface area contributed by atoms with Gasteiger partial charge in [-0.25, -0.2) is 9.79 Å². The van der Waals surface area contributed by atoms with Crippen LogP contribution in [-0.2, 0) is 14.3 Å². The summed E-state index contributed by atoms with van der Waals surface area (Å²) in [5.74, 6) is 0.0766. The molecule has 0 unspecified atom stereocenters. The highest BCUT2D eigenvalue weighted by atomic mass is 127. The van der Waals surface area contributed by atoms with Gasteiger partial charge in [-0.3, -0.25) is 4.79 Å². The lowest BCUT2D eigenvalue weighted by Gasteiger charge is -2.09. The molecule has 0 radical (unpaired) electrons. The molecule has 1 aliphatic rings. The third-order valence-corrected chi connectivity index (χ3v) is 6.21. The summed E-state index contributed by atoms with van der Waals surface area (Å²) in [7, 11) is 0. The summed E-state index contributed by atoms with van der Waals surface area (Å²) in [5, 5.41) is 2.16. The largest absolute Gasteiger partial charge is 0.424 e. The third kappa shape index (κ3) is 4.98. The molecule has 3 aromatic rings. The normalized spacial score (nSPS) is 14.6. The number of ether oxygens (including phenoxy) is 2. The number of hydrogen-bond donors (Lipinski definition) is 0. The standard InChI is InChI=1S/C24H17I2NO4/c1-2-5-21(28)30-22-18(25)10-14(11-19(22)26)12-20-24(29)31-23(27-20)17-9-8-15-6-3-4-7-16(15)13-17/h3-4,6-13H,2,5H2,1H3/b20-12-. The summed E-state index contributed by atoms with van der Waals surface area (Å²) in [5.41, 5.74) is 1.75. The van der Waals surface area contributed by atoms with Crippen molar-refractivity contribution in [1.82, 2.24) is 0 Å². The van der Waals surface area contributed by atoms with Crippen LogP contribution in [0.4, 0.5) is 0 Å². The quantitative estimate of drug-likeness (QED) is 0.147. The Bertz CT molecular complexity index is 1240. The number of carbonyl (C=O) groups is 2. The van der Waals surface area contributed by atoms with Gasteiger partial charge in [-0.2, -0.15) is 0 Å². The molecule has 0 saturated carbocycles. The van der Waals surface area contributed by atoms with Gasteiger partial charge in [-0.15, -0.1) is 0 Å². The fourth-order valence-corrected chi connectivity index (χ4v) is 5.18. The monoisotopic (exact) mass is 637 g/mol. The van der Waals surface area contributed by atoms with Crippen molar-refractivity contribution in [3.8, 4) is 5.75 Å². The zero-order valence-electron chi connectivity index (χ0n) is 16.5. The number of aliphatic imine (C=N–C) groups is 1. The Morgan fingerprint density at radius 3 is 2.48 bits per heavy atom. The van der Waals surface area contributed by atoms with Crippen LogP contribution in [-0.4, -0.2) is 17.8 Å². The molecule has 3 aromatic carbocycles. The van der Waals surface area contributed by atoms with Gasteiger partial charge >= 0.3 is 11.9 Å². The van der Waals surface area contributed by atoms with Crippen molar-refractivity contribution in [3.63, 3.8) is 0 Å². The zero-order chi connectivity index (χ0) is 22.0. The highest BCUT2D eigenvalue weighted by molar-refractivity contribution is 14.1. The predicted molar refractivity (Wildman–Crippen MR) is 137 cm³/mol. The third-order valence-electron chi connectivity index (χ3n) is 4.61. The minimum absolute atomic E-state index is 0.227. The van der Waals surface area contributed by atoms with Crippen molar-refractivity contribution >= 4 is 79.9 Å². The van der Waals surface area contributed by atoms with Gasteiger partial charge in [0.2, 0.25) is 5.90 Å². The second kappa shape index (κ2) is 9.47. The molecular weight excluding hydrogens is 620 g/mol. The minimum atomic E-state index is -0.494.